The first-order chi connectivity index (χ1) is 14.5. The highest BCUT2D eigenvalue weighted by Gasteiger charge is 2.24. The van der Waals surface area contributed by atoms with Gasteiger partial charge in [0.2, 0.25) is 5.69 Å². The van der Waals surface area contributed by atoms with E-state index in [9.17, 15) is 4.79 Å². The number of nitrogens with two attached hydrogens (primary N) is 1. The summed E-state index contributed by atoms with van der Waals surface area (Å²) < 4.78 is 0. The summed E-state index contributed by atoms with van der Waals surface area (Å²) in [7, 11) is 0. The fraction of sp³-hybridized carbons (Fsp3) is 0. The molecule has 148 valence electrons. The van der Waals surface area contributed by atoms with Crippen LogP contribution in [0.4, 0.5) is 16.3 Å². The van der Waals surface area contributed by atoms with E-state index in [1.165, 1.54) is 11.3 Å². The van der Waals surface area contributed by atoms with Crippen LogP contribution in [0.15, 0.2) is 48.8 Å². The van der Waals surface area contributed by atoms with E-state index in [1.807, 2.05) is 6.07 Å². The Hall–Kier alpha value is -3.38. The molecule has 0 atom stereocenters. The Morgan fingerprint density at radius 2 is 2.00 bits per heavy atom. The average molecular weight is 455 g/mol. The van der Waals surface area contributed by atoms with Crippen molar-refractivity contribution in [1.82, 2.24) is 15.2 Å². The van der Waals surface area contributed by atoms with Crippen molar-refractivity contribution in [2.45, 2.75) is 0 Å². The Labute approximate surface area is 185 Å². The van der Waals surface area contributed by atoms with E-state index in [0.717, 1.165) is 10.6 Å². The van der Waals surface area contributed by atoms with Crippen LogP contribution in [0.2, 0.25) is 10.0 Å². The highest BCUT2D eigenvalue weighted by molar-refractivity contribution is 7.20. The normalized spacial score (nSPS) is 10.6. The number of aromatic nitrogens is 3. The lowest BCUT2D eigenvalue weighted by Gasteiger charge is -2.07. The molecule has 0 radical (unpaired) electrons. The molecule has 0 aliphatic rings. The molecule has 3 heterocycles. The fourth-order valence-electron chi connectivity index (χ4n) is 3.01. The third kappa shape index (κ3) is 3.74. The van der Waals surface area contributed by atoms with Crippen molar-refractivity contribution in [3.8, 4) is 32.1 Å². The Bertz CT molecular complexity index is 1290. The van der Waals surface area contributed by atoms with Gasteiger partial charge in [-0.3, -0.25) is 10.4 Å². The Morgan fingerprint density at radius 3 is 2.67 bits per heavy atom. The second-order valence-corrected chi connectivity index (χ2v) is 7.97. The van der Waals surface area contributed by atoms with Crippen LogP contribution < -0.4 is 11.1 Å². The lowest BCUT2D eigenvalue weighted by atomic mass is 10.0. The summed E-state index contributed by atoms with van der Waals surface area (Å²) in [5.41, 5.74) is 8.44. The number of aromatic amines is 1. The molecule has 10 heteroatoms. The molecule has 0 fully saturated rings. The summed E-state index contributed by atoms with van der Waals surface area (Å²) in [6.07, 6.45) is 3.18. The van der Waals surface area contributed by atoms with Gasteiger partial charge < -0.3 is 5.73 Å². The number of anilines is 1. The molecule has 4 N–H and O–H groups in total. The molecular formula is C20H12Cl2N6OS. The van der Waals surface area contributed by atoms with E-state index in [4.69, 9.17) is 35.5 Å². The molecule has 0 aliphatic heterocycles. The zero-order chi connectivity index (χ0) is 21.3. The lowest BCUT2D eigenvalue weighted by Crippen LogP contribution is -2.19. The van der Waals surface area contributed by atoms with Crippen molar-refractivity contribution < 1.29 is 4.79 Å². The van der Waals surface area contributed by atoms with Crippen LogP contribution >= 0.6 is 34.5 Å². The van der Waals surface area contributed by atoms with Crippen molar-refractivity contribution in [2.75, 3.05) is 5.32 Å². The zero-order valence-electron chi connectivity index (χ0n) is 15.1. The second-order valence-electron chi connectivity index (χ2n) is 6.11. The van der Waals surface area contributed by atoms with E-state index in [-0.39, 0.29) is 0 Å². The fourth-order valence-corrected chi connectivity index (χ4v) is 4.73. The molecule has 4 aromatic rings. The zero-order valence-corrected chi connectivity index (χ0v) is 17.4. The third-order valence-corrected chi connectivity index (χ3v) is 6.02. The molecule has 0 unspecified atom stereocenters. The number of pyridine rings is 1. The van der Waals surface area contributed by atoms with E-state index >= 15 is 0 Å². The number of carbonyl (C=O) groups is 1. The number of rotatable bonds is 4. The summed E-state index contributed by atoms with van der Waals surface area (Å²) in [5.74, 6) is 0.290. The first-order valence-corrected chi connectivity index (χ1v) is 10.1. The van der Waals surface area contributed by atoms with Gasteiger partial charge in [0.25, 0.3) is 0 Å². The van der Waals surface area contributed by atoms with Gasteiger partial charge in [-0.05, 0) is 41.5 Å². The molecule has 0 bridgehead atoms. The predicted molar refractivity (Wildman–Crippen MR) is 120 cm³/mol. The van der Waals surface area contributed by atoms with Crippen molar-refractivity contribution in [3.63, 3.8) is 0 Å². The molecule has 1 aromatic carbocycles. The molecular weight excluding hydrogens is 443 g/mol. The number of benzene rings is 1. The minimum atomic E-state index is -0.719. The van der Waals surface area contributed by atoms with Crippen molar-refractivity contribution >= 4 is 52.1 Å². The smallest absolute Gasteiger partial charge is 0.317 e. The maximum Gasteiger partial charge on any atom is 0.317 e. The quantitative estimate of drug-likeness (QED) is 0.319. The van der Waals surface area contributed by atoms with Gasteiger partial charge in [-0.25, -0.2) is 14.6 Å². The Kier molecular flexibility index (Phi) is 5.42. The van der Waals surface area contributed by atoms with Crippen LogP contribution in [0.1, 0.15) is 0 Å². The molecule has 30 heavy (non-hydrogen) atoms. The van der Waals surface area contributed by atoms with Gasteiger partial charge in [0, 0.05) is 37.8 Å². The van der Waals surface area contributed by atoms with Crippen molar-refractivity contribution in [2.24, 2.45) is 5.73 Å². The van der Waals surface area contributed by atoms with Crippen molar-refractivity contribution in [1.29, 1.82) is 0 Å². The number of nitrogens with one attached hydrogen (secondary N) is 2. The third-order valence-electron chi connectivity index (χ3n) is 4.21. The molecule has 0 spiro atoms. The highest BCUT2D eigenvalue weighted by Crippen LogP contribution is 2.53. The Balaban J connectivity index is 1.98. The molecule has 0 aliphatic carbocycles. The largest absolute Gasteiger partial charge is 0.351 e. The number of carbonyl (C=O) groups excluding carboxylic acids is 1. The van der Waals surface area contributed by atoms with Crippen molar-refractivity contribution in [3.05, 3.63) is 70.3 Å². The number of primary amides is 1. The van der Waals surface area contributed by atoms with E-state index < -0.39 is 6.03 Å². The highest BCUT2D eigenvalue weighted by atomic mass is 35.5. The van der Waals surface area contributed by atoms with Crippen LogP contribution in [0, 0.1) is 6.57 Å². The van der Waals surface area contributed by atoms with Gasteiger partial charge in [-0.1, -0.05) is 29.3 Å². The molecule has 4 rings (SSSR count). The topological polar surface area (TPSA) is 101 Å². The van der Waals surface area contributed by atoms with Gasteiger partial charge in [-0.2, -0.15) is 5.10 Å². The molecule has 2 amide bonds. The summed E-state index contributed by atoms with van der Waals surface area (Å²) in [4.78, 5) is 20.6. The van der Waals surface area contributed by atoms with Gasteiger partial charge >= 0.3 is 6.03 Å². The van der Waals surface area contributed by atoms with E-state index in [0.29, 0.717) is 43.1 Å². The van der Waals surface area contributed by atoms with Gasteiger partial charge in [-0.15, -0.1) is 11.3 Å². The first kappa shape index (κ1) is 19.9. The van der Waals surface area contributed by atoms with Crippen LogP contribution in [0.5, 0.6) is 0 Å². The van der Waals surface area contributed by atoms with Crippen LogP contribution in [0.3, 0.4) is 0 Å². The molecule has 0 saturated heterocycles. The summed E-state index contributed by atoms with van der Waals surface area (Å²) in [5, 5.41) is 10.4. The second kappa shape index (κ2) is 8.16. The maximum atomic E-state index is 11.2. The monoisotopic (exact) mass is 454 g/mol. The van der Waals surface area contributed by atoms with Crippen LogP contribution in [-0.4, -0.2) is 21.2 Å². The summed E-state index contributed by atoms with van der Waals surface area (Å²) >= 11 is 14.0. The standard InChI is InChI=1S/C20H12Cl2N6OS/c1-24-17-16(12-3-2-11(21)9-13(12)22)19(14-5-7-26-28-14)30-18(17)10-4-6-25-15(8-10)27-20(23)29/h2-9H,(H,26,28)(H3,23,25,27,29). The number of amides is 2. The van der Waals surface area contributed by atoms with E-state index in [2.05, 4.69) is 25.3 Å². The lowest BCUT2D eigenvalue weighted by molar-refractivity contribution is 0.259. The Morgan fingerprint density at radius 1 is 1.17 bits per heavy atom. The minimum absolute atomic E-state index is 0.290. The number of hydrogen-bond acceptors (Lipinski definition) is 4. The van der Waals surface area contributed by atoms with Crippen LogP contribution in [-0.2, 0) is 0 Å². The first-order valence-electron chi connectivity index (χ1n) is 8.50. The minimum Gasteiger partial charge on any atom is -0.351 e. The van der Waals surface area contributed by atoms with Gasteiger partial charge in [0.05, 0.1) is 12.3 Å². The van der Waals surface area contributed by atoms with Gasteiger partial charge in [0.1, 0.15) is 5.82 Å². The number of thiophene rings is 1. The van der Waals surface area contributed by atoms with Crippen LogP contribution in [0.25, 0.3) is 37.0 Å². The maximum absolute atomic E-state index is 11.2. The molecule has 3 aromatic heterocycles. The number of H-pyrrole nitrogens is 1. The number of urea groups is 1. The summed E-state index contributed by atoms with van der Waals surface area (Å²) in [6, 6.07) is 9.68. The number of nitrogens with zero attached hydrogens (tertiary/aromatic N) is 3. The average Bonchev–Trinajstić information content (AvgIpc) is 3.35. The SMILES string of the molecule is [C-]#[N+]c1c(-c2ccnc(NC(N)=O)c2)sc(-c2ccn[nH]2)c1-c1ccc(Cl)cc1Cl. The number of hydrogen-bond donors (Lipinski definition) is 3. The van der Waals surface area contributed by atoms with Gasteiger partial charge in [0.15, 0.2) is 0 Å². The molecule has 7 nitrogen and oxygen atoms in total. The van der Waals surface area contributed by atoms with E-state index in [1.54, 1.807) is 42.7 Å². The number of halogens is 2. The predicted octanol–water partition coefficient (Wildman–Crippen LogP) is 6.22. The molecule has 0 saturated carbocycles. The summed E-state index contributed by atoms with van der Waals surface area (Å²) in [6.45, 7) is 7.87.